The van der Waals surface area contributed by atoms with E-state index >= 15 is 0 Å². The van der Waals surface area contributed by atoms with E-state index in [0.29, 0.717) is 17.8 Å². The molecule has 204 valence electrons. The fourth-order valence-electron chi connectivity index (χ4n) is 5.63. The number of hydrogen-bond acceptors (Lipinski definition) is 4. The van der Waals surface area contributed by atoms with Crippen molar-refractivity contribution in [3.8, 4) is 11.4 Å². The highest BCUT2D eigenvalue weighted by atomic mass is 28.4. The Bertz CT molecular complexity index is 1260. The van der Waals surface area contributed by atoms with Crippen LogP contribution in [0.15, 0.2) is 30.3 Å². The van der Waals surface area contributed by atoms with Crippen molar-refractivity contribution >= 4 is 19.4 Å². The van der Waals surface area contributed by atoms with Crippen molar-refractivity contribution < 1.29 is 22.7 Å². The van der Waals surface area contributed by atoms with Crippen LogP contribution < -0.4 is 0 Å². The maximum absolute atomic E-state index is 13.3. The maximum atomic E-state index is 13.3. The lowest BCUT2D eigenvalue weighted by atomic mass is 9.72. The van der Waals surface area contributed by atoms with Crippen LogP contribution in [0.4, 0.5) is 13.2 Å². The molecule has 1 atom stereocenters. The zero-order valence-electron chi connectivity index (χ0n) is 23.4. The summed E-state index contributed by atoms with van der Waals surface area (Å²) >= 11 is 0. The van der Waals surface area contributed by atoms with Gasteiger partial charge in [0.1, 0.15) is 22.5 Å². The predicted molar refractivity (Wildman–Crippen MR) is 145 cm³/mol. The quantitative estimate of drug-likeness (QED) is 0.296. The highest BCUT2D eigenvalue weighted by Crippen LogP contribution is 2.44. The zero-order valence-corrected chi connectivity index (χ0v) is 24.4. The molecular formula is C28H40F3N3O2Si. The second-order valence-corrected chi connectivity index (χ2v) is 16.4. The van der Waals surface area contributed by atoms with Gasteiger partial charge in [0.05, 0.1) is 5.56 Å². The van der Waals surface area contributed by atoms with Crippen molar-refractivity contribution in [1.29, 1.82) is 0 Å². The number of benzene rings is 2. The monoisotopic (exact) mass is 535 g/mol. The van der Waals surface area contributed by atoms with Gasteiger partial charge in [0, 0.05) is 12.1 Å². The molecule has 0 spiro atoms. The first-order chi connectivity index (χ1) is 16.9. The second kappa shape index (κ2) is 10.1. The number of aromatic hydroxyl groups is 1. The molecule has 1 aromatic heterocycles. The average Bonchev–Trinajstić information content (AvgIpc) is 3.15. The molecule has 0 saturated carbocycles. The van der Waals surface area contributed by atoms with Crippen molar-refractivity contribution in [1.82, 2.24) is 15.0 Å². The zero-order chi connectivity index (χ0) is 28.0. The lowest BCUT2D eigenvalue weighted by molar-refractivity contribution is -0.137. The van der Waals surface area contributed by atoms with E-state index in [1.165, 1.54) is 10.9 Å². The molecule has 1 heterocycles. The first-order valence-corrected chi connectivity index (χ1v) is 15.8. The molecule has 2 aromatic carbocycles. The molecule has 0 radical (unpaired) electrons. The van der Waals surface area contributed by atoms with Gasteiger partial charge < -0.3 is 9.53 Å². The molecule has 0 aliphatic heterocycles. The Morgan fingerprint density at radius 3 is 2.11 bits per heavy atom. The average molecular weight is 536 g/mol. The van der Waals surface area contributed by atoms with Gasteiger partial charge in [0.15, 0.2) is 8.32 Å². The molecule has 3 rings (SSSR count). The molecule has 0 saturated heterocycles. The molecular weight excluding hydrogens is 495 g/mol. The summed E-state index contributed by atoms with van der Waals surface area (Å²) in [6, 6.07) is 7.25. The van der Waals surface area contributed by atoms with Crippen molar-refractivity contribution in [2.24, 2.45) is 5.41 Å². The van der Waals surface area contributed by atoms with Crippen LogP contribution in [-0.4, -0.2) is 35.0 Å². The minimum atomic E-state index is -4.48. The number of halogens is 3. The van der Waals surface area contributed by atoms with Gasteiger partial charge in [-0.05, 0) is 79.1 Å². The third-order valence-electron chi connectivity index (χ3n) is 6.94. The third kappa shape index (κ3) is 6.37. The van der Waals surface area contributed by atoms with Crippen LogP contribution in [0.25, 0.3) is 16.7 Å². The van der Waals surface area contributed by atoms with E-state index in [-0.39, 0.29) is 27.6 Å². The highest BCUT2D eigenvalue weighted by molar-refractivity contribution is 6.72. The number of nitrogens with zero attached hydrogens (tertiary/aromatic N) is 3. The summed E-state index contributed by atoms with van der Waals surface area (Å²) in [7, 11) is -2.25. The molecule has 0 fully saturated rings. The van der Waals surface area contributed by atoms with Crippen LogP contribution in [0.5, 0.6) is 5.75 Å². The van der Waals surface area contributed by atoms with Gasteiger partial charge in [0.2, 0.25) is 0 Å². The number of hydrogen-bond donors (Lipinski definition) is 1. The SMILES string of the molecule is CCO[Si](C)(C)C(CC)c1cc(C(C)(C)CC(C)(C)C)cc(-n2nc3ccc(C(F)(F)F)cc3n2)c1O. The van der Waals surface area contributed by atoms with E-state index in [9.17, 15) is 18.3 Å². The van der Waals surface area contributed by atoms with Crippen molar-refractivity contribution in [2.45, 2.75) is 91.5 Å². The molecule has 1 N–H and O–H groups in total. The van der Waals surface area contributed by atoms with Gasteiger partial charge in [-0.3, -0.25) is 0 Å². The van der Waals surface area contributed by atoms with E-state index in [2.05, 4.69) is 70.9 Å². The number of alkyl halides is 3. The largest absolute Gasteiger partial charge is 0.505 e. The molecule has 0 aliphatic rings. The third-order valence-corrected chi connectivity index (χ3v) is 10.4. The number of phenolic OH excluding ortho intramolecular Hbond substituents is 1. The van der Waals surface area contributed by atoms with Crippen LogP contribution in [0.2, 0.25) is 13.1 Å². The van der Waals surface area contributed by atoms with E-state index < -0.39 is 20.1 Å². The number of aromatic nitrogens is 3. The summed E-state index contributed by atoms with van der Waals surface area (Å²) in [4.78, 5) is 1.27. The van der Waals surface area contributed by atoms with E-state index in [4.69, 9.17) is 4.43 Å². The Morgan fingerprint density at radius 1 is 0.946 bits per heavy atom. The van der Waals surface area contributed by atoms with Gasteiger partial charge in [-0.1, -0.05) is 47.6 Å². The van der Waals surface area contributed by atoms with Gasteiger partial charge in [0.25, 0.3) is 0 Å². The summed E-state index contributed by atoms with van der Waals surface area (Å²) < 4.78 is 46.1. The minimum absolute atomic E-state index is 0.00148. The van der Waals surface area contributed by atoms with Crippen molar-refractivity contribution in [3.63, 3.8) is 0 Å². The highest BCUT2D eigenvalue weighted by Gasteiger charge is 2.38. The number of rotatable bonds is 8. The molecule has 37 heavy (non-hydrogen) atoms. The van der Waals surface area contributed by atoms with Gasteiger partial charge in [-0.15, -0.1) is 15.0 Å². The molecule has 5 nitrogen and oxygen atoms in total. The standard InChI is InChI=1S/C28H40F3N3O2Si/c1-10-24(37(8,9)36-11-2)20-14-19(27(6,7)17-26(3,4)5)16-23(25(20)35)34-32-21-13-12-18(28(29,30)31)15-22(21)33-34/h12-16,24,35H,10-11,17H2,1-9H3. The van der Waals surface area contributed by atoms with Crippen LogP contribution in [0.1, 0.15) is 83.5 Å². The fraction of sp³-hybridized carbons (Fsp3) is 0.571. The van der Waals surface area contributed by atoms with E-state index in [0.717, 1.165) is 36.1 Å². The normalized spacial score (nSPS) is 14.4. The lowest BCUT2D eigenvalue weighted by Gasteiger charge is -2.36. The van der Waals surface area contributed by atoms with Crippen molar-refractivity contribution in [3.05, 3.63) is 47.0 Å². The minimum Gasteiger partial charge on any atom is -0.505 e. The second-order valence-electron chi connectivity index (χ2n) is 12.2. The summed E-state index contributed by atoms with van der Waals surface area (Å²) in [6.45, 7) is 19.9. The van der Waals surface area contributed by atoms with Gasteiger partial charge in [-0.25, -0.2) is 0 Å². The smallest absolute Gasteiger partial charge is 0.416 e. The van der Waals surface area contributed by atoms with Gasteiger partial charge >= 0.3 is 6.18 Å². The Hall–Kier alpha value is -2.39. The number of phenols is 1. The van der Waals surface area contributed by atoms with E-state index in [1.54, 1.807) is 0 Å². The Kier molecular flexibility index (Phi) is 7.93. The van der Waals surface area contributed by atoms with Crippen molar-refractivity contribution in [2.75, 3.05) is 6.61 Å². The first kappa shape index (κ1) is 29.2. The lowest BCUT2D eigenvalue weighted by Crippen LogP contribution is -2.39. The summed E-state index contributed by atoms with van der Waals surface area (Å²) in [6.07, 6.45) is -2.82. The number of fused-ring (bicyclic) bond motifs is 1. The molecule has 0 amide bonds. The summed E-state index contributed by atoms with van der Waals surface area (Å²) in [5.41, 5.74) is 1.61. The van der Waals surface area contributed by atoms with Crippen LogP contribution in [-0.2, 0) is 16.0 Å². The predicted octanol–water partition coefficient (Wildman–Crippen LogP) is 8.13. The first-order valence-electron chi connectivity index (χ1n) is 12.9. The Morgan fingerprint density at radius 2 is 1.57 bits per heavy atom. The molecule has 9 heteroatoms. The van der Waals surface area contributed by atoms with Crippen LogP contribution in [0.3, 0.4) is 0 Å². The maximum Gasteiger partial charge on any atom is 0.416 e. The Labute approximate surface area is 219 Å². The Balaban J connectivity index is 2.28. The molecule has 3 aromatic rings. The molecule has 1 unspecified atom stereocenters. The van der Waals surface area contributed by atoms with Crippen LogP contribution in [0, 0.1) is 5.41 Å². The fourth-order valence-corrected chi connectivity index (χ4v) is 8.53. The summed E-state index contributed by atoms with van der Waals surface area (Å²) in [5.74, 6) is 0.0405. The topological polar surface area (TPSA) is 60.2 Å². The molecule has 0 aliphatic carbocycles. The summed E-state index contributed by atoms with van der Waals surface area (Å²) in [5, 5.41) is 20.4. The van der Waals surface area contributed by atoms with E-state index in [1.807, 2.05) is 13.0 Å². The molecule has 0 bridgehead atoms. The van der Waals surface area contributed by atoms with Crippen LogP contribution >= 0.6 is 0 Å². The van der Waals surface area contributed by atoms with Gasteiger partial charge in [-0.2, -0.15) is 13.2 Å².